The summed E-state index contributed by atoms with van der Waals surface area (Å²) in [5.74, 6) is 1.82. The minimum absolute atomic E-state index is 0.725. The average molecular weight is 263 g/mol. The molecule has 0 bridgehead atoms. The molecule has 0 fully saturated rings. The highest BCUT2D eigenvalue weighted by Crippen LogP contribution is 2.31. The number of aromatic nitrogens is 2. The van der Waals surface area contributed by atoms with Gasteiger partial charge in [0.05, 0.1) is 7.11 Å². The normalized spacial score (nSPS) is 10.6. The van der Waals surface area contributed by atoms with Crippen molar-refractivity contribution < 1.29 is 4.74 Å². The summed E-state index contributed by atoms with van der Waals surface area (Å²) in [6, 6.07) is 7.80. The van der Waals surface area contributed by atoms with E-state index in [9.17, 15) is 0 Å². The molecule has 1 heterocycles. The number of methoxy groups -OCH3 is 1. The predicted molar refractivity (Wildman–Crippen MR) is 75.0 cm³/mol. The van der Waals surface area contributed by atoms with E-state index in [0.29, 0.717) is 0 Å². The van der Waals surface area contributed by atoms with Gasteiger partial charge in [0, 0.05) is 41.3 Å². The fraction of sp³-hybridized carbons (Fsp3) is 0.308. The molecule has 96 valence electrons. The number of nitrogens with two attached hydrogens (primary N) is 1. The molecule has 0 saturated heterocycles. The third kappa shape index (κ3) is 2.98. The molecule has 0 saturated carbocycles. The second-order valence-corrected chi connectivity index (χ2v) is 5.09. The molecule has 0 unspecified atom stereocenters. The summed E-state index contributed by atoms with van der Waals surface area (Å²) in [6.07, 6.45) is 2.80. The summed E-state index contributed by atoms with van der Waals surface area (Å²) in [5.41, 5.74) is 7.69. The summed E-state index contributed by atoms with van der Waals surface area (Å²) in [4.78, 5) is 1.12. The van der Waals surface area contributed by atoms with Crippen LogP contribution >= 0.6 is 11.8 Å². The van der Waals surface area contributed by atoms with Crippen molar-refractivity contribution in [3.05, 3.63) is 36.2 Å². The van der Waals surface area contributed by atoms with Crippen LogP contribution in [0.15, 0.2) is 35.4 Å². The first-order valence-corrected chi connectivity index (χ1v) is 6.72. The molecule has 4 nitrogen and oxygen atoms in total. The zero-order valence-electron chi connectivity index (χ0n) is 10.6. The van der Waals surface area contributed by atoms with Crippen molar-refractivity contribution in [3.63, 3.8) is 0 Å². The van der Waals surface area contributed by atoms with Crippen LogP contribution in [0.3, 0.4) is 0 Å². The van der Waals surface area contributed by atoms with Gasteiger partial charge in [-0.3, -0.25) is 4.68 Å². The molecule has 0 radical (unpaired) electrons. The van der Waals surface area contributed by atoms with Crippen LogP contribution in [0.1, 0.15) is 5.69 Å². The predicted octanol–water partition coefficient (Wildman–Crippen LogP) is 2.35. The van der Waals surface area contributed by atoms with Crippen LogP contribution in [0.25, 0.3) is 0 Å². The smallest absolute Gasteiger partial charge is 0.134 e. The highest BCUT2D eigenvalue weighted by atomic mass is 32.2. The van der Waals surface area contributed by atoms with Gasteiger partial charge < -0.3 is 10.5 Å². The number of anilines is 1. The fourth-order valence-electron chi connectivity index (χ4n) is 1.72. The van der Waals surface area contributed by atoms with E-state index in [-0.39, 0.29) is 0 Å². The summed E-state index contributed by atoms with van der Waals surface area (Å²) in [6.45, 7) is 0. The molecule has 18 heavy (non-hydrogen) atoms. The number of aryl methyl sites for hydroxylation is 2. The Morgan fingerprint density at radius 1 is 1.39 bits per heavy atom. The topological polar surface area (TPSA) is 53.1 Å². The van der Waals surface area contributed by atoms with Crippen LogP contribution in [-0.2, 0) is 13.5 Å². The van der Waals surface area contributed by atoms with Crippen molar-refractivity contribution in [2.24, 2.45) is 7.05 Å². The van der Waals surface area contributed by atoms with E-state index in [1.54, 1.807) is 18.9 Å². The Morgan fingerprint density at radius 3 is 2.89 bits per heavy atom. The zero-order valence-corrected chi connectivity index (χ0v) is 11.4. The van der Waals surface area contributed by atoms with Crippen LogP contribution in [0.4, 0.5) is 5.69 Å². The van der Waals surface area contributed by atoms with Gasteiger partial charge in [0.15, 0.2) is 0 Å². The quantitative estimate of drug-likeness (QED) is 0.664. The minimum Gasteiger partial charge on any atom is -0.496 e. The molecule has 0 atom stereocenters. The Kier molecular flexibility index (Phi) is 4.15. The first-order valence-electron chi connectivity index (χ1n) is 5.74. The Labute approximate surface area is 111 Å². The van der Waals surface area contributed by atoms with Gasteiger partial charge in [0.2, 0.25) is 0 Å². The summed E-state index contributed by atoms with van der Waals surface area (Å²) in [7, 11) is 3.63. The number of benzene rings is 1. The lowest BCUT2D eigenvalue weighted by molar-refractivity contribution is 0.405. The number of thioether (sulfide) groups is 1. The minimum atomic E-state index is 0.725. The lowest BCUT2D eigenvalue weighted by atomic mass is 10.3. The summed E-state index contributed by atoms with van der Waals surface area (Å²) < 4.78 is 7.22. The highest BCUT2D eigenvalue weighted by Gasteiger charge is 2.05. The Hall–Kier alpha value is -1.62. The highest BCUT2D eigenvalue weighted by molar-refractivity contribution is 7.99. The summed E-state index contributed by atoms with van der Waals surface area (Å²) >= 11 is 1.77. The maximum atomic E-state index is 5.73. The molecule has 0 aliphatic carbocycles. The van der Waals surface area contributed by atoms with Gasteiger partial charge in [-0.25, -0.2) is 0 Å². The third-order valence-electron chi connectivity index (χ3n) is 2.73. The number of hydrogen-bond acceptors (Lipinski definition) is 4. The van der Waals surface area contributed by atoms with E-state index in [2.05, 4.69) is 5.10 Å². The monoisotopic (exact) mass is 263 g/mol. The van der Waals surface area contributed by atoms with Crippen molar-refractivity contribution >= 4 is 17.4 Å². The van der Waals surface area contributed by atoms with Crippen molar-refractivity contribution in [1.82, 2.24) is 9.78 Å². The Morgan fingerprint density at radius 2 is 2.22 bits per heavy atom. The number of nitrogen functional groups attached to an aromatic ring is 1. The van der Waals surface area contributed by atoms with Gasteiger partial charge in [-0.05, 0) is 24.6 Å². The number of rotatable bonds is 5. The first kappa shape index (κ1) is 12.8. The lowest BCUT2D eigenvalue weighted by Gasteiger charge is -2.08. The SMILES string of the molecule is COc1cc(N)ccc1SCCc1ccnn1C. The largest absolute Gasteiger partial charge is 0.496 e. The average Bonchev–Trinajstić information content (AvgIpc) is 2.77. The second-order valence-electron chi connectivity index (χ2n) is 3.95. The molecule has 2 N–H and O–H groups in total. The molecular weight excluding hydrogens is 246 g/mol. The molecule has 1 aromatic heterocycles. The third-order valence-corrected chi connectivity index (χ3v) is 3.78. The van der Waals surface area contributed by atoms with Crippen molar-refractivity contribution in [2.75, 3.05) is 18.6 Å². The molecule has 1 aromatic carbocycles. The van der Waals surface area contributed by atoms with E-state index in [0.717, 1.165) is 28.5 Å². The van der Waals surface area contributed by atoms with Crippen molar-refractivity contribution in [2.45, 2.75) is 11.3 Å². The molecule has 0 amide bonds. The van der Waals surface area contributed by atoms with Crippen LogP contribution in [-0.4, -0.2) is 22.6 Å². The van der Waals surface area contributed by atoms with E-state index in [1.165, 1.54) is 5.69 Å². The van der Waals surface area contributed by atoms with Gasteiger partial charge >= 0.3 is 0 Å². The Bertz CT molecular complexity index is 525. The van der Waals surface area contributed by atoms with Crippen molar-refractivity contribution in [3.8, 4) is 5.75 Å². The molecule has 5 heteroatoms. The first-order chi connectivity index (χ1) is 8.70. The number of nitrogens with zero attached hydrogens (tertiary/aromatic N) is 2. The molecule has 2 aromatic rings. The van der Waals surface area contributed by atoms with Crippen LogP contribution in [0.5, 0.6) is 5.75 Å². The maximum Gasteiger partial charge on any atom is 0.134 e. The standard InChI is InChI=1S/C13H17N3OS/c1-16-11(5-7-15-16)6-8-18-13-4-3-10(14)9-12(13)17-2/h3-5,7,9H,6,8,14H2,1-2H3. The molecule has 2 rings (SSSR count). The van der Waals surface area contributed by atoms with Crippen LogP contribution < -0.4 is 10.5 Å². The number of hydrogen-bond donors (Lipinski definition) is 1. The van der Waals surface area contributed by atoms with Gasteiger partial charge in [0.25, 0.3) is 0 Å². The maximum absolute atomic E-state index is 5.73. The van der Waals surface area contributed by atoms with E-state index in [1.807, 2.05) is 42.2 Å². The van der Waals surface area contributed by atoms with Gasteiger partial charge in [-0.2, -0.15) is 5.10 Å². The van der Waals surface area contributed by atoms with Crippen LogP contribution in [0, 0.1) is 0 Å². The molecular formula is C13H17N3OS. The van der Waals surface area contributed by atoms with E-state index >= 15 is 0 Å². The molecule has 0 aliphatic rings. The second kappa shape index (κ2) is 5.82. The number of ether oxygens (including phenoxy) is 1. The van der Waals surface area contributed by atoms with Crippen molar-refractivity contribution in [1.29, 1.82) is 0 Å². The lowest BCUT2D eigenvalue weighted by Crippen LogP contribution is -1.99. The van der Waals surface area contributed by atoms with Gasteiger partial charge in [-0.1, -0.05) is 0 Å². The summed E-state index contributed by atoms with van der Waals surface area (Å²) in [5, 5.41) is 4.15. The molecule has 0 spiro atoms. The van der Waals surface area contributed by atoms with Crippen LogP contribution in [0.2, 0.25) is 0 Å². The van der Waals surface area contributed by atoms with E-state index in [4.69, 9.17) is 10.5 Å². The fourth-order valence-corrected chi connectivity index (χ4v) is 2.70. The molecule has 0 aliphatic heterocycles. The zero-order chi connectivity index (χ0) is 13.0. The van der Waals surface area contributed by atoms with Gasteiger partial charge in [-0.15, -0.1) is 11.8 Å². The van der Waals surface area contributed by atoms with Gasteiger partial charge in [0.1, 0.15) is 5.75 Å². The van der Waals surface area contributed by atoms with E-state index < -0.39 is 0 Å². The Balaban J connectivity index is 1.96.